The molecule has 2 rings (SSSR count). The van der Waals surface area contributed by atoms with Crippen LogP contribution in [0, 0.1) is 0 Å². The maximum absolute atomic E-state index is 10.8. The van der Waals surface area contributed by atoms with Gasteiger partial charge < -0.3 is 5.32 Å². The van der Waals surface area contributed by atoms with E-state index < -0.39 is 0 Å². The van der Waals surface area contributed by atoms with Crippen molar-refractivity contribution in [1.29, 1.82) is 0 Å². The van der Waals surface area contributed by atoms with Gasteiger partial charge in [0.15, 0.2) is 0 Å². The molecule has 0 saturated heterocycles. The van der Waals surface area contributed by atoms with Crippen LogP contribution in [0.25, 0.3) is 11.1 Å². The Hall–Kier alpha value is -2.30. The van der Waals surface area contributed by atoms with Gasteiger partial charge in [-0.25, -0.2) is 9.97 Å². The van der Waals surface area contributed by atoms with E-state index in [0.29, 0.717) is 5.95 Å². The van der Waals surface area contributed by atoms with Gasteiger partial charge in [-0.05, 0) is 24.6 Å². The molecule has 2 aromatic rings. The third-order valence-electron chi connectivity index (χ3n) is 2.16. The molecule has 2 aromatic heterocycles. The van der Waals surface area contributed by atoms with E-state index in [9.17, 15) is 4.79 Å². The molecule has 0 amide bonds. The van der Waals surface area contributed by atoms with Crippen LogP contribution in [0.3, 0.4) is 0 Å². The quantitative estimate of drug-likeness (QED) is 0.859. The molecule has 0 spiro atoms. The minimum atomic E-state index is 0.0480. The fraction of sp³-hybridized carbons (Fsp3) is 0.167. The summed E-state index contributed by atoms with van der Waals surface area (Å²) in [5.41, 5.74) is 1.93. The predicted molar refractivity (Wildman–Crippen MR) is 64.4 cm³/mol. The smallest absolute Gasteiger partial charge is 0.222 e. The van der Waals surface area contributed by atoms with E-state index in [4.69, 9.17) is 0 Å². The van der Waals surface area contributed by atoms with Crippen molar-refractivity contribution in [3.05, 3.63) is 36.9 Å². The Morgan fingerprint density at radius 1 is 1.18 bits per heavy atom. The van der Waals surface area contributed by atoms with E-state index in [0.717, 1.165) is 11.1 Å². The van der Waals surface area contributed by atoms with Crippen LogP contribution in [0.5, 0.6) is 0 Å². The van der Waals surface area contributed by atoms with Crippen LogP contribution in [-0.4, -0.2) is 27.3 Å². The number of aromatic nitrogens is 3. The summed E-state index contributed by atoms with van der Waals surface area (Å²) in [7, 11) is 0. The lowest BCUT2D eigenvalue weighted by atomic mass is 10.1. The van der Waals surface area contributed by atoms with E-state index >= 15 is 0 Å². The Kier molecular flexibility index (Phi) is 3.40. The van der Waals surface area contributed by atoms with Gasteiger partial charge >= 0.3 is 0 Å². The summed E-state index contributed by atoms with van der Waals surface area (Å²) in [5, 5.41) is 2.84. The largest absolute Gasteiger partial charge is 0.347 e. The minimum absolute atomic E-state index is 0.0480. The second-order valence-corrected chi connectivity index (χ2v) is 3.59. The molecular weight excluding hydrogens is 216 g/mol. The molecular formula is C12H12N4O. The highest BCUT2D eigenvalue weighted by Gasteiger charge is 2.00. The summed E-state index contributed by atoms with van der Waals surface area (Å²) < 4.78 is 0. The average Bonchev–Trinajstić information content (AvgIpc) is 2.38. The monoisotopic (exact) mass is 228 g/mol. The Morgan fingerprint density at radius 3 is 2.41 bits per heavy atom. The first-order valence-corrected chi connectivity index (χ1v) is 5.21. The summed E-state index contributed by atoms with van der Waals surface area (Å²) >= 11 is 0. The highest BCUT2D eigenvalue weighted by molar-refractivity contribution is 5.79. The average molecular weight is 228 g/mol. The lowest BCUT2D eigenvalue weighted by Gasteiger charge is -2.03. The van der Waals surface area contributed by atoms with Crippen molar-refractivity contribution in [2.75, 3.05) is 11.9 Å². The zero-order valence-electron chi connectivity index (χ0n) is 9.42. The van der Waals surface area contributed by atoms with Crippen molar-refractivity contribution in [1.82, 2.24) is 15.0 Å². The SMILES string of the molecule is CC(=O)CNc1ncc(-c2ccncc2)cn1. The number of Topliss-reactive ketones (excluding diaryl/α,β-unsaturated/α-hetero) is 1. The molecule has 86 valence electrons. The van der Waals surface area contributed by atoms with E-state index in [1.807, 2.05) is 12.1 Å². The maximum atomic E-state index is 10.8. The van der Waals surface area contributed by atoms with Crippen molar-refractivity contribution in [3.8, 4) is 11.1 Å². The van der Waals surface area contributed by atoms with Crippen LogP contribution < -0.4 is 5.32 Å². The third-order valence-corrected chi connectivity index (χ3v) is 2.16. The Balaban J connectivity index is 2.11. The van der Waals surface area contributed by atoms with E-state index in [-0.39, 0.29) is 12.3 Å². The summed E-state index contributed by atoms with van der Waals surface area (Å²) in [5.74, 6) is 0.504. The van der Waals surface area contributed by atoms with Crippen LogP contribution in [-0.2, 0) is 4.79 Å². The van der Waals surface area contributed by atoms with Gasteiger partial charge in [0.1, 0.15) is 5.78 Å². The van der Waals surface area contributed by atoms with E-state index in [1.165, 1.54) is 6.92 Å². The maximum Gasteiger partial charge on any atom is 0.222 e. The molecule has 0 saturated carbocycles. The standard InChI is InChI=1S/C12H12N4O/c1-9(17)6-14-12-15-7-11(8-16-12)10-2-4-13-5-3-10/h2-5,7-8H,6H2,1H3,(H,14,15,16). The number of hydrogen-bond donors (Lipinski definition) is 1. The van der Waals surface area contributed by atoms with Crippen LogP contribution in [0.1, 0.15) is 6.92 Å². The van der Waals surface area contributed by atoms with Crippen molar-refractivity contribution < 1.29 is 4.79 Å². The van der Waals surface area contributed by atoms with Gasteiger partial charge in [-0.1, -0.05) is 0 Å². The van der Waals surface area contributed by atoms with E-state index in [1.54, 1.807) is 24.8 Å². The molecule has 0 atom stereocenters. The molecule has 0 bridgehead atoms. The van der Waals surface area contributed by atoms with Gasteiger partial charge in [-0.15, -0.1) is 0 Å². The summed E-state index contributed by atoms with van der Waals surface area (Å²) in [6, 6.07) is 3.78. The highest BCUT2D eigenvalue weighted by Crippen LogP contribution is 2.16. The fourth-order valence-corrected chi connectivity index (χ4v) is 1.32. The molecule has 0 unspecified atom stereocenters. The van der Waals surface area contributed by atoms with Gasteiger partial charge in [0, 0.05) is 30.4 Å². The van der Waals surface area contributed by atoms with E-state index in [2.05, 4.69) is 20.3 Å². The minimum Gasteiger partial charge on any atom is -0.347 e. The topological polar surface area (TPSA) is 67.8 Å². The predicted octanol–water partition coefficient (Wildman–Crippen LogP) is 1.54. The lowest BCUT2D eigenvalue weighted by molar-refractivity contribution is -0.115. The Morgan fingerprint density at radius 2 is 1.82 bits per heavy atom. The molecule has 0 aliphatic carbocycles. The van der Waals surface area contributed by atoms with Crippen molar-refractivity contribution >= 4 is 11.7 Å². The van der Waals surface area contributed by atoms with Gasteiger partial charge in [0.25, 0.3) is 0 Å². The molecule has 0 aromatic carbocycles. The van der Waals surface area contributed by atoms with Gasteiger partial charge in [-0.2, -0.15) is 0 Å². The number of ketones is 1. The number of carbonyl (C=O) groups is 1. The number of nitrogens with one attached hydrogen (secondary N) is 1. The number of rotatable bonds is 4. The Labute approximate surface area is 99.0 Å². The zero-order chi connectivity index (χ0) is 12.1. The normalized spacial score (nSPS) is 9.94. The van der Waals surface area contributed by atoms with Crippen LogP contribution in [0.4, 0.5) is 5.95 Å². The van der Waals surface area contributed by atoms with Crippen molar-refractivity contribution in [3.63, 3.8) is 0 Å². The van der Waals surface area contributed by atoms with Crippen molar-refractivity contribution in [2.24, 2.45) is 0 Å². The fourth-order valence-electron chi connectivity index (χ4n) is 1.32. The van der Waals surface area contributed by atoms with Gasteiger partial charge in [-0.3, -0.25) is 9.78 Å². The number of nitrogens with zero attached hydrogens (tertiary/aromatic N) is 3. The van der Waals surface area contributed by atoms with Gasteiger partial charge in [0.05, 0.1) is 6.54 Å². The van der Waals surface area contributed by atoms with Crippen LogP contribution in [0.2, 0.25) is 0 Å². The molecule has 5 nitrogen and oxygen atoms in total. The number of anilines is 1. The molecule has 17 heavy (non-hydrogen) atoms. The first kappa shape index (κ1) is 11.2. The molecule has 0 aliphatic heterocycles. The number of carbonyl (C=O) groups excluding carboxylic acids is 1. The second-order valence-electron chi connectivity index (χ2n) is 3.59. The molecule has 0 fully saturated rings. The van der Waals surface area contributed by atoms with Gasteiger partial charge in [0.2, 0.25) is 5.95 Å². The third kappa shape index (κ3) is 3.07. The molecule has 0 aliphatic rings. The Bertz CT molecular complexity index is 496. The molecule has 2 heterocycles. The van der Waals surface area contributed by atoms with Crippen LogP contribution in [0.15, 0.2) is 36.9 Å². The lowest BCUT2D eigenvalue weighted by Crippen LogP contribution is -2.11. The summed E-state index contributed by atoms with van der Waals surface area (Å²) in [6.45, 7) is 1.76. The zero-order valence-corrected chi connectivity index (χ0v) is 9.42. The number of pyridine rings is 1. The highest BCUT2D eigenvalue weighted by atomic mass is 16.1. The summed E-state index contributed by atoms with van der Waals surface area (Å²) in [4.78, 5) is 23.0. The van der Waals surface area contributed by atoms with Crippen molar-refractivity contribution in [2.45, 2.75) is 6.92 Å². The van der Waals surface area contributed by atoms with Crippen LogP contribution >= 0.6 is 0 Å². The second kappa shape index (κ2) is 5.16. The number of hydrogen-bond acceptors (Lipinski definition) is 5. The first-order valence-electron chi connectivity index (χ1n) is 5.21. The first-order chi connectivity index (χ1) is 8.25. The molecule has 1 N–H and O–H groups in total. The summed E-state index contributed by atoms with van der Waals surface area (Å²) in [6.07, 6.45) is 6.87. The molecule has 5 heteroatoms. The molecule has 0 radical (unpaired) electrons.